The molecule has 0 atom stereocenters. The highest BCUT2D eigenvalue weighted by atomic mass is 31.1. The first-order chi connectivity index (χ1) is 13.3. The molecule has 0 amide bonds. The second-order valence-electron chi connectivity index (χ2n) is 13.1. The smallest absolute Gasteiger partial charge is 0.0883 e. The van der Waals surface area contributed by atoms with Crippen molar-refractivity contribution in [1.29, 1.82) is 0 Å². The summed E-state index contributed by atoms with van der Waals surface area (Å²) in [6.45, 7) is 27.9. The molecule has 0 radical (unpaired) electrons. The first kappa shape index (κ1) is 25.2. The van der Waals surface area contributed by atoms with Crippen molar-refractivity contribution in [2.24, 2.45) is 0 Å². The minimum absolute atomic E-state index is 0.149. The molecule has 2 heteroatoms. The average molecular weight is 422 g/mol. The highest BCUT2D eigenvalue weighted by molar-refractivity contribution is 7.94. The highest BCUT2D eigenvalue weighted by Gasteiger charge is 2.25. The second-order valence-corrected chi connectivity index (χ2v) is 15.2. The van der Waals surface area contributed by atoms with Gasteiger partial charge in [0.15, 0.2) is 0 Å². The summed E-state index contributed by atoms with van der Waals surface area (Å²) in [6.07, 6.45) is 0. The van der Waals surface area contributed by atoms with E-state index in [1.165, 1.54) is 32.9 Å². The molecule has 0 N–H and O–H groups in total. The van der Waals surface area contributed by atoms with E-state index in [2.05, 4.69) is 127 Å². The van der Waals surface area contributed by atoms with Gasteiger partial charge in [0, 0.05) is 0 Å². The number of hydrogen-bond acceptors (Lipinski definition) is 0. The van der Waals surface area contributed by atoms with Gasteiger partial charge in [0.05, 0.1) is 0 Å². The SMILES string of the molecule is BP(c1cc(C(C)(C)C)cc(C(C)(C)C)c1)c1cc(C(C)(C)C)cc(C(C)(C)C)c1. The van der Waals surface area contributed by atoms with Crippen LogP contribution in [-0.2, 0) is 21.7 Å². The molecule has 0 bridgehead atoms. The molecule has 0 heterocycles. The van der Waals surface area contributed by atoms with Crippen LogP contribution >= 0.6 is 7.80 Å². The molecule has 0 unspecified atom stereocenters. The molecular formula is C28H44BP. The Hall–Kier alpha value is -1.07. The third-order valence-corrected chi connectivity index (χ3v) is 8.14. The zero-order chi connectivity index (χ0) is 23.3. The number of hydrogen-bond donors (Lipinski definition) is 0. The van der Waals surface area contributed by atoms with Gasteiger partial charge in [0.25, 0.3) is 0 Å². The van der Waals surface area contributed by atoms with Crippen molar-refractivity contribution in [2.75, 3.05) is 0 Å². The van der Waals surface area contributed by atoms with Crippen LogP contribution in [0.3, 0.4) is 0 Å². The highest BCUT2D eigenvalue weighted by Crippen LogP contribution is 2.37. The molecule has 0 fully saturated rings. The van der Waals surface area contributed by atoms with Crippen LogP contribution in [0.5, 0.6) is 0 Å². The Labute approximate surface area is 189 Å². The monoisotopic (exact) mass is 422 g/mol. The van der Waals surface area contributed by atoms with Gasteiger partial charge in [-0.2, -0.15) is 0 Å². The molecule has 2 aromatic carbocycles. The van der Waals surface area contributed by atoms with Gasteiger partial charge in [-0.15, -0.1) is 0 Å². The lowest BCUT2D eigenvalue weighted by molar-refractivity contribution is 0.569. The molecular weight excluding hydrogens is 378 g/mol. The lowest BCUT2D eigenvalue weighted by atomic mass is 9.81. The van der Waals surface area contributed by atoms with Crippen LogP contribution in [0, 0.1) is 0 Å². The van der Waals surface area contributed by atoms with E-state index in [4.69, 9.17) is 0 Å². The largest absolute Gasteiger partial charge is 0.145 e. The molecule has 0 aliphatic heterocycles. The van der Waals surface area contributed by atoms with Crippen LogP contribution in [0.25, 0.3) is 0 Å². The molecule has 30 heavy (non-hydrogen) atoms. The van der Waals surface area contributed by atoms with Crippen molar-refractivity contribution < 1.29 is 0 Å². The number of rotatable bonds is 2. The van der Waals surface area contributed by atoms with Crippen LogP contribution in [0.4, 0.5) is 0 Å². The Balaban J connectivity index is 2.72. The van der Waals surface area contributed by atoms with Gasteiger partial charge >= 0.3 is 0 Å². The topological polar surface area (TPSA) is 0 Å². The van der Waals surface area contributed by atoms with Crippen molar-refractivity contribution in [1.82, 2.24) is 0 Å². The fourth-order valence-electron chi connectivity index (χ4n) is 3.49. The van der Waals surface area contributed by atoms with E-state index in [1.54, 1.807) is 0 Å². The number of benzene rings is 2. The van der Waals surface area contributed by atoms with Gasteiger partial charge < -0.3 is 0 Å². The maximum atomic E-state index is 2.47. The zero-order valence-electron chi connectivity index (χ0n) is 21.9. The Morgan fingerprint density at radius 2 is 0.633 bits per heavy atom. The summed E-state index contributed by atoms with van der Waals surface area (Å²) >= 11 is 0. The normalized spacial score (nSPS) is 13.8. The van der Waals surface area contributed by atoms with Gasteiger partial charge in [-0.3, -0.25) is 0 Å². The van der Waals surface area contributed by atoms with E-state index >= 15 is 0 Å². The lowest BCUT2D eigenvalue weighted by Crippen LogP contribution is -2.24. The van der Waals surface area contributed by atoms with Gasteiger partial charge in [0.1, 0.15) is 7.57 Å². The summed E-state index contributed by atoms with van der Waals surface area (Å²) in [5.41, 5.74) is 6.38. The molecule has 0 aliphatic rings. The summed E-state index contributed by atoms with van der Waals surface area (Å²) in [5.74, 6) is 0. The maximum absolute atomic E-state index is 2.47. The Morgan fingerprint density at radius 3 is 0.800 bits per heavy atom. The summed E-state index contributed by atoms with van der Waals surface area (Å²) in [4.78, 5) is 0. The lowest BCUT2D eigenvalue weighted by Gasteiger charge is -2.30. The standard InChI is InChI=1S/C28H44BP/c1-25(2,3)19-13-20(26(4,5)6)16-23(15-19)30(29)24-17-21(27(7,8)9)14-22(18-24)28(10,11)12/h13-18H,29H2,1-12H3. The molecule has 2 aromatic rings. The van der Waals surface area contributed by atoms with Gasteiger partial charge in [-0.1, -0.05) is 127 Å². The van der Waals surface area contributed by atoms with Crippen molar-refractivity contribution in [3.8, 4) is 0 Å². The van der Waals surface area contributed by atoms with Crippen LogP contribution in [0.15, 0.2) is 36.4 Å². The molecule has 0 nitrogen and oxygen atoms in total. The third-order valence-electron chi connectivity index (χ3n) is 6.07. The van der Waals surface area contributed by atoms with E-state index in [1.807, 2.05) is 0 Å². The van der Waals surface area contributed by atoms with Crippen LogP contribution < -0.4 is 10.6 Å². The summed E-state index contributed by atoms with van der Waals surface area (Å²) < 4.78 is 0. The predicted molar refractivity (Wildman–Crippen MR) is 142 cm³/mol. The van der Waals surface area contributed by atoms with Crippen molar-refractivity contribution in [2.45, 2.75) is 105 Å². The fraction of sp³-hybridized carbons (Fsp3) is 0.571. The zero-order valence-corrected chi connectivity index (χ0v) is 22.8. The fourth-order valence-corrected chi connectivity index (χ4v) is 5.12. The summed E-state index contributed by atoms with van der Waals surface area (Å²) in [6, 6.07) is 14.8. The molecule has 164 valence electrons. The van der Waals surface area contributed by atoms with Gasteiger partial charge in [-0.25, -0.2) is 0 Å². The van der Waals surface area contributed by atoms with E-state index in [0.29, 0.717) is 0 Å². The van der Waals surface area contributed by atoms with Gasteiger partial charge in [-0.05, 0) is 54.5 Å². The first-order valence-corrected chi connectivity index (χ1v) is 13.1. The molecule has 2 rings (SSSR count). The third kappa shape index (κ3) is 6.00. The van der Waals surface area contributed by atoms with E-state index in [9.17, 15) is 0 Å². The van der Waals surface area contributed by atoms with E-state index in [0.717, 1.165) is 0 Å². The van der Waals surface area contributed by atoms with Crippen molar-refractivity contribution >= 4 is 26.0 Å². The maximum Gasteiger partial charge on any atom is 0.145 e. The predicted octanol–water partition coefficient (Wildman–Crippen LogP) is 6.86. The molecule has 0 spiro atoms. The van der Waals surface area contributed by atoms with Gasteiger partial charge in [0.2, 0.25) is 0 Å². The second kappa shape index (κ2) is 8.13. The Kier molecular flexibility index (Phi) is 6.83. The van der Waals surface area contributed by atoms with Crippen LogP contribution in [-0.4, -0.2) is 7.57 Å². The average Bonchev–Trinajstić information content (AvgIpc) is 2.57. The Bertz CT molecular complexity index is 756. The minimum atomic E-state index is -0.424. The quantitative estimate of drug-likeness (QED) is 0.366. The first-order valence-electron chi connectivity index (χ1n) is 11.4. The van der Waals surface area contributed by atoms with Crippen molar-refractivity contribution in [3.63, 3.8) is 0 Å². The molecule has 0 saturated carbocycles. The summed E-state index contributed by atoms with van der Waals surface area (Å²) in [7, 11) is 2.02. The van der Waals surface area contributed by atoms with Crippen molar-refractivity contribution in [3.05, 3.63) is 58.7 Å². The minimum Gasteiger partial charge on any atom is -0.0883 e. The van der Waals surface area contributed by atoms with E-state index in [-0.39, 0.29) is 21.7 Å². The molecule has 0 saturated heterocycles. The summed E-state index contributed by atoms with van der Waals surface area (Å²) in [5, 5.41) is 2.99. The van der Waals surface area contributed by atoms with Crippen LogP contribution in [0.1, 0.15) is 105 Å². The Morgan fingerprint density at radius 1 is 0.433 bits per heavy atom. The molecule has 0 aromatic heterocycles. The molecule has 0 aliphatic carbocycles. The van der Waals surface area contributed by atoms with E-state index < -0.39 is 7.80 Å². The van der Waals surface area contributed by atoms with Crippen LogP contribution in [0.2, 0.25) is 0 Å².